The number of carbonyl (C=O) groups excluding carboxylic acids is 2. The van der Waals surface area contributed by atoms with Crippen molar-refractivity contribution in [3.8, 4) is 44.9 Å². The van der Waals surface area contributed by atoms with E-state index in [1.54, 1.807) is 111 Å². The summed E-state index contributed by atoms with van der Waals surface area (Å²) in [7, 11) is -0.489. The Morgan fingerprint density at radius 3 is 1.44 bits per heavy atom. The Morgan fingerprint density at radius 1 is 0.591 bits per heavy atom. The smallest absolute Gasteiger partial charge is 0.494 e. The number of esters is 2. The standard InChI is InChI=1S/C29H33F3N2O5.C20H20ClF3O3.C15H25BN2O4/c1-6-38-25(35)27(4,5)34-17-18(16-33-34)21-14-19(39-13-9-12-26(2,3)36)15-23-24(21)20-10-7-8-11-22(20)28(23,37)29(30,31)32;1-18(2,25)8-5-9-27-12-10-15-17(16(21)11-12)13-6-3-4-7-14(13)19(15,26)20(22,23)24;1-8-20-12(19)13(2,3)18-10-11(9-17-18)16-21-14(4,5)15(6,7)22-16/h7-8,10-11,14-17,36-37H,6,9,12-13H2,1-5H3;3-4,6-7,10-11,25-26H,5,8-9H2,1-2H3;9-10H,8H2,1-7H3/t28-;19-;/m11./s1. The van der Waals surface area contributed by atoms with Gasteiger partial charge in [0, 0.05) is 57.4 Å². The topological polar surface area (TPSA) is 206 Å². The number of ether oxygens (including phenoxy) is 4. The number of carbonyl (C=O) groups is 2. The number of hydrogen-bond donors (Lipinski definition) is 4. The van der Waals surface area contributed by atoms with E-state index < -0.39 is 70.1 Å². The molecule has 88 heavy (non-hydrogen) atoms. The zero-order valence-electron chi connectivity index (χ0n) is 52.0. The molecule has 0 bridgehead atoms. The summed E-state index contributed by atoms with van der Waals surface area (Å²) in [6.45, 7) is 25.8. The van der Waals surface area contributed by atoms with Gasteiger partial charge in [0.15, 0.2) is 11.1 Å². The number of hydrogen-bond acceptors (Lipinski definition) is 14. The molecule has 9 rings (SSSR count). The van der Waals surface area contributed by atoms with E-state index in [0.29, 0.717) is 43.4 Å². The highest BCUT2D eigenvalue weighted by Crippen LogP contribution is 2.59. The molecule has 2 atom stereocenters. The van der Waals surface area contributed by atoms with Gasteiger partial charge in [-0.15, -0.1) is 0 Å². The van der Waals surface area contributed by atoms with Crippen LogP contribution in [0.15, 0.2) is 97.6 Å². The summed E-state index contributed by atoms with van der Waals surface area (Å²) in [6, 6.07) is 17.2. The molecule has 1 saturated heterocycles. The van der Waals surface area contributed by atoms with Crippen LogP contribution in [-0.4, -0.2) is 120 Å². The summed E-state index contributed by atoms with van der Waals surface area (Å²) in [5.41, 5.74) is -9.75. The first kappa shape index (κ1) is 69.0. The van der Waals surface area contributed by atoms with Gasteiger partial charge in [-0.05, 0) is 169 Å². The van der Waals surface area contributed by atoms with Crippen LogP contribution < -0.4 is 14.9 Å². The maximum absolute atomic E-state index is 14.5. The van der Waals surface area contributed by atoms with Gasteiger partial charge in [-0.1, -0.05) is 60.1 Å². The van der Waals surface area contributed by atoms with E-state index in [1.165, 1.54) is 65.5 Å². The molecule has 3 heterocycles. The van der Waals surface area contributed by atoms with E-state index >= 15 is 0 Å². The SMILES string of the molecule is CC(C)(O)CCCOc1cc(Cl)c2c(c1)[C@@](O)(C(F)(F)F)c1ccccc1-2.CCOC(=O)C(C)(C)n1cc(-c2cc(OCCCC(C)(C)O)cc3c2-c2ccccc2[C@]3(O)C(F)(F)F)cn1.CCOC(=O)C(C)(C)n1cc(B2OC(C)(C)C(C)(C)O2)cn1. The predicted molar refractivity (Wildman–Crippen MR) is 320 cm³/mol. The minimum atomic E-state index is -5.01. The summed E-state index contributed by atoms with van der Waals surface area (Å²) in [4.78, 5) is 24.6. The molecule has 0 amide bonds. The molecule has 2 aliphatic carbocycles. The van der Waals surface area contributed by atoms with Crippen molar-refractivity contribution >= 4 is 36.1 Å². The molecule has 1 fully saturated rings. The molecule has 2 aromatic heterocycles. The van der Waals surface area contributed by atoms with E-state index in [9.17, 15) is 56.4 Å². The monoisotopic (exact) mass is 1250 g/mol. The lowest BCUT2D eigenvalue weighted by atomic mass is 9.82. The van der Waals surface area contributed by atoms with Crippen molar-refractivity contribution in [3.63, 3.8) is 0 Å². The number of benzene rings is 4. The van der Waals surface area contributed by atoms with E-state index in [-0.39, 0.29) is 86.8 Å². The molecule has 1 aliphatic heterocycles. The Bertz CT molecular complexity index is 3480. The summed E-state index contributed by atoms with van der Waals surface area (Å²) in [5.74, 6) is -0.554. The average molecular weight is 1260 g/mol. The molecule has 0 radical (unpaired) electrons. The van der Waals surface area contributed by atoms with Gasteiger partial charge in [0.2, 0.25) is 11.2 Å². The Morgan fingerprint density at radius 2 is 1.00 bits per heavy atom. The number of nitrogens with zero attached hydrogens (tertiary/aromatic N) is 4. The number of aliphatic hydroxyl groups is 4. The Kier molecular flexibility index (Phi) is 19.7. The Labute approximate surface area is 514 Å². The van der Waals surface area contributed by atoms with Crippen LogP contribution in [0, 0.1) is 0 Å². The highest BCUT2D eigenvalue weighted by atomic mass is 35.5. The molecule has 0 saturated carbocycles. The number of halogens is 7. The zero-order chi connectivity index (χ0) is 65.6. The summed E-state index contributed by atoms with van der Waals surface area (Å²) in [6.07, 6.45) is -1.57. The van der Waals surface area contributed by atoms with Crippen LogP contribution >= 0.6 is 11.6 Å². The van der Waals surface area contributed by atoms with Crippen molar-refractivity contribution in [2.75, 3.05) is 26.4 Å². The first-order valence-corrected chi connectivity index (χ1v) is 29.3. The van der Waals surface area contributed by atoms with Gasteiger partial charge in [0.05, 0.1) is 60.1 Å². The van der Waals surface area contributed by atoms with E-state index in [1.807, 2.05) is 27.7 Å². The Hall–Kier alpha value is -6.47. The predicted octanol–water partition coefficient (Wildman–Crippen LogP) is 12.1. The molecular weight excluding hydrogens is 1180 g/mol. The van der Waals surface area contributed by atoms with Crippen molar-refractivity contribution in [2.24, 2.45) is 0 Å². The summed E-state index contributed by atoms with van der Waals surface area (Å²) < 4.78 is 122. The van der Waals surface area contributed by atoms with Crippen molar-refractivity contribution in [1.82, 2.24) is 19.6 Å². The molecule has 478 valence electrons. The molecule has 6 aromatic rings. The second-order valence-corrected chi connectivity index (χ2v) is 25.7. The normalized spacial score (nSPS) is 18.4. The van der Waals surface area contributed by atoms with Gasteiger partial charge in [0.1, 0.15) is 11.5 Å². The first-order chi connectivity index (χ1) is 40.6. The van der Waals surface area contributed by atoms with Gasteiger partial charge in [0.25, 0.3) is 0 Å². The molecule has 0 unspecified atom stereocenters. The molecule has 4 N–H and O–H groups in total. The number of rotatable bonds is 18. The average Bonchev–Trinajstić information content (AvgIpc) is 1.59. The quantitative estimate of drug-likeness (QED) is 0.0273. The van der Waals surface area contributed by atoms with Crippen LogP contribution in [0.4, 0.5) is 26.3 Å². The molecule has 24 heteroatoms. The van der Waals surface area contributed by atoms with Crippen molar-refractivity contribution in [2.45, 2.75) is 180 Å². The van der Waals surface area contributed by atoms with E-state index in [2.05, 4.69) is 10.2 Å². The van der Waals surface area contributed by atoms with Gasteiger partial charge < -0.3 is 48.7 Å². The van der Waals surface area contributed by atoms with Crippen molar-refractivity contribution in [1.29, 1.82) is 0 Å². The third-order valence-electron chi connectivity index (χ3n) is 16.1. The molecule has 16 nitrogen and oxygen atoms in total. The third-order valence-corrected chi connectivity index (χ3v) is 16.4. The number of aromatic nitrogens is 4. The minimum absolute atomic E-state index is 0.0811. The fourth-order valence-corrected chi connectivity index (χ4v) is 10.7. The molecule has 4 aromatic carbocycles. The fourth-order valence-electron chi connectivity index (χ4n) is 10.4. The maximum atomic E-state index is 14.5. The summed E-state index contributed by atoms with van der Waals surface area (Å²) >= 11 is 6.27. The van der Waals surface area contributed by atoms with Crippen LogP contribution in [0.2, 0.25) is 5.02 Å². The minimum Gasteiger partial charge on any atom is -0.494 e. The molecule has 3 aliphatic rings. The second kappa shape index (κ2) is 25.1. The van der Waals surface area contributed by atoms with Gasteiger partial charge in [-0.2, -0.15) is 36.5 Å². The van der Waals surface area contributed by atoms with Crippen LogP contribution in [0.3, 0.4) is 0 Å². The van der Waals surface area contributed by atoms with Crippen LogP contribution in [0.5, 0.6) is 11.5 Å². The summed E-state index contributed by atoms with van der Waals surface area (Å²) in [5, 5.41) is 50.3. The lowest BCUT2D eigenvalue weighted by molar-refractivity contribution is -0.247. The Balaban J connectivity index is 0.000000198. The fraction of sp³-hybridized carbons (Fsp3) is 0.500. The zero-order valence-corrected chi connectivity index (χ0v) is 52.7. The molecular formula is C64H78BClF6N4O12. The van der Waals surface area contributed by atoms with E-state index in [4.69, 9.17) is 39.9 Å². The lowest BCUT2D eigenvalue weighted by Gasteiger charge is -2.32. The highest BCUT2D eigenvalue weighted by Gasteiger charge is 2.63. The van der Waals surface area contributed by atoms with Crippen molar-refractivity contribution in [3.05, 3.63) is 125 Å². The third kappa shape index (κ3) is 13.8. The van der Waals surface area contributed by atoms with Crippen LogP contribution in [0.25, 0.3) is 33.4 Å². The van der Waals surface area contributed by atoms with Crippen LogP contribution in [0.1, 0.15) is 145 Å². The highest BCUT2D eigenvalue weighted by molar-refractivity contribution is 6.62. The van der Waals surface area contributed by atoms with Gasteiger partial charge >= 0.3 is 31.4 Å². The van der Waals surface area contributed by atoms with Crippen molar-refractivity contribution < 1.29 is 84.6 Å². The first-order valence-electron chi connectivity index (χ1n) is 28.9. The second-order valence-electron chi connectivity index (χ2n) is 25.3. The number of fused-ring (bicyclic) bond motifs is 6. The van der Waals surface area contributed by atoms with Gasteiger partial charge in [-0.25, -0.2) is 9.59 Å². The largest absolute Gasteiger partial charge is 0.498 e. The van der Waals surface area contributed by atoms with Gasteiger partial charge in [-0.3, -0.25) is 9.36 Å². The lowest BCUT2D eigenvalue weighted by Crippen LogP contribution is -2.41. The molecule has 0 spiro atoms. The van der Waals surface area contributed by atoms with E-state index in [0.717, 1.165) is 5.46 Å². The number of alkyl halides is 6. The maximum Gasteiger partial charge on any atom is 0.498 e. The van der Waals surface area contributed by atoms with Crippen LogP contribution in [-0.2, 0) is 50.7 Å².